The van der Waals surface area contributed by atoms with Crippen molar-refractivity contribution in [2.75, 3.05) is 28.3 Å². The monoisotopic (exact) mass is 746 g/mol. The van der Waals surface area contributed by atoms with Crippen molar-refractivity contribution in [1.29, 1.82) is 0 Å². The van der Waals surface area contributed by atoms with E-state index in [2.05, 4.69) is 14.8 Å². The average molecular weight is 747 g/mol. The summed E-state index contributed by atoms with van der Waals surface area (Å²) in [5.74, 6) is -5.13. The summed E-state index contributed by atoms with van der Waals surface area (Å²) in [7, 11) is 0. The molecule has 20 heteroatoms. The van der Waals surface area contributed by atoms with E-state index < -0.39 is 59.8 Å². The number of alkyl halides is 2. The van der Waals surface area contributed by atoms with E-state index >= 15 is 0 Å². The summed E-state index contributed by atoms with van der Waals surface area (Å²) in [6, 6.07) is 12.5. The first-order valence-corrected chi connectivity index (χ1v) is 16.3. The van der Waals surface area contributed by atoms with Crippen LogP contribution in [0.2, 0.25) is 0 Å². The predicted molar refractivity (Wildman–Crippen MR) is 181 cm³/mol. The van der Waals surface area contributed by atoms with E-state index in [-0.39, 0.29) is 67.5 Å². The molecule has 0 radical (unpaired) electrons. The van der Waals surface area contributed by atoms with Gasteiger partial charge in [-0.3, -0.25) is 43.0 Å². The van der Waals surface area contributed by atoms with Gasteiger partial charge in [0.05, 0.1) is 45.9 Å². The fraction of sp³-hybridized carbons (Fsp3) is 0.182. The van der Waals surface area contributed by atoms with Crippen LogP contribution >= 0.6 is 11.5 Å². The zero-order chi connectivity index (χ0) is 37.7. The molecule has 3 aromatic heterocycles. The minimum atomic E-state index is -3.10. The van der Waals surface area contributed by atoms with E-state index in [0.717, 1.165) is 45.2 Å². The molecule has 2 aromatic carbocycles. The number of hydrogen-bond acceptors (Lipinski definition) is 12. The number of nitrogens with two attached hydrogens (primary N) is 1. The summed E-state index contributed by atoms with van der Waals surface area (Å²) in [6.45, 7) is -2.30. The number of rotatable bonds is 9. The molecule has 1 saturated heterocycles. The maximum absolute atomic E-state index is 13.8. The van der Waals surface area contributed by atoms with Crippen molar-refractivity contribution in [2.45, 2.75) is 25.7 Å². The molecule has 2 aliphatic heterocycles. The van der Waals surface area contributed by atoms with Crippen LogP contribution in [0.4, 0.5) is 26.1 Å². The highest BCUT2D eigenvalue weighted by Crippen LogP contribution is 2.39. The predicted octanol–water partition coefficient (Wildman–Crippen LogP) is 2.24. The zero-order valence-corrected chi connectivity index (χ0v) is 27.9. The van der Waals surface area contributed by atoms with Crippen molar-refractivity contribution in [1.82, 2.24) is 18.7 Å². The van der Waals surface area contributed by atoms with Crippen LogP contribution in [0.25, 0.3) is 15.8 Å². The maximum atomic E-state index is 13.8. The highest BCUT2D eigenvalue weighted by atomic mass is 32.1. The number of nitrogens with one attached hydrogen (secondary N) is 1. The third-order valence-corrected chi connectivity index (χ3v) is 9.20. The van der Waals surface area contributed by atoms with Crippen LogP contribution in [0.3, 0.4) is 0 Å². The SMILES string of the molecule is CC(=O)O[C@@H](C(=O)Nc1ccc2c(N3C(=O)c4ccccc4C3=O)nsc2c1C(N)=O)[C@H]1OCCN(c2ccn(-c3ccc(=O)n(C(F)F)c3)n2)C1=O. The van der Waals surface area contributed by atoms with Crippen molar-refractivity contribution in [3.63, 3.8) is 0 Å². The highest BCUT2D eigenvalue weighted by Gasteiger charge is 2.44. The van der Waals surface area contributed by atoms with Gasteiger partial charge in [0, 0.05) is 36.8 Å². The number of amides is 5. The molecule has 2 atom stereocenters. The first kappa shape index (κ1) is 34.8. The van der Waals surface area contributed by atoms with Gasteiger partial charge in [-0.15, -0.1) is 5.10 Å². The summed E-state index contributed by atoms with van der Waals surface area (Å²) in [4.78, 5) is 92.6. The number of fused-ring (bicyclic) bond motifs is 2. The second-order valence-corrected chi connectivity index (χ2v) is 12.3. The molecule has 5 heterocycles. The molecule has 0 unspecified atom stereocenters. The van der Waals surface area contributed by atoms with Gasteiger partial charge >= 0.3 is 12.5 Å². The summed E-state index contributed by atoms with van der Waals surface area (Å²) in [6.07, 6.45) is -1.35. The number of carbonyl (C=O) groups is 6. The molecule has 1 fully saturated rings. The second-order valence-electron chi connectivity index (χ2n) is 11.6. The Morgan fingerprint density at radius 3 is 2.40 bits per heavy atom. The minimum Gasteiger partial charge on any atom is -0.449 e. The number of primary amides is 1. The Morgan fingerprint density at radius 2 is 1.74 bits per heavy atom. The van der Waals surface area contributed by atoms with E-state index in [1.54, 1.807) is 12.1 Å². The number of anilines is 3. The largest absolute Gasteiger partial charge is 0.449 e. The van der Waals surface area contributed by atoms with E-state index in [1.807, 2.05) is 0 Å². The van der Waals surface area contributed by atoms with Crippen LogP contribution in [0.5, 0.6) is 0 Å². The summed E-state index contributed by atoms with van der Waals surface area (Å²) in [5, 5.41) is 6.94. The molecule has 0 saturated carbocycles. The van der Waals surface area contributed by atoms with Gasteiger partial charge in [0.1, 0.15) is 0 Å². The van der Waals surface area contributed by atoms with E-state index in [4.69, 9.17) is 15.2 Å². The van der Waals surface area contributed by atoms with Crippen molar-refractivity contribution >= 4 is 74.4 Å². The maximum Gasteiger partial charge on any atom is 0.321 e. The van der Waals surface area contributed by atoms with Crippen molar-refractivity contribution in [3.05, 3.63) is 94.0 Å². The van der Waals surface area contributed by atoms with Gasteiger partial charge in [-0.25, -0.2) is 9.58 Å². The van der Waals surface area contributed by atoms with Gasteiger partial charge in [-0.1, -0.05) is 12.1 Å². The number of carbonyl (C=O) groups excluding carboxylic acids is 6. The van der Waals surface area contributed by atoms with Crippen molar-refractivity contribution in [3.8, 4) is 5.69 Å². The molecule has 270 valence electrons. The van der Waals surface area contributed by atoms with Crippen LogP contribution < -0.4 is 26.4 Å². The molecule has 0 spiro atoms. The van der Waals surface area contributed by atoms with Crippen LogP contribution in [-0.4, -0.2) is 79.6 Å². The van der Waals surface area contributed by atoms with Gasteiger partial charge in [0.15, 0.2) is 17.7 Å². The Bertz CT molecular complexity index is 2410. The molecular weight excluding hydrogens is 722 g/mol. The Morgan fingerprint density at radius 1 is 1.02 bits per heavy atom. The number of hydrogen-bond donors (Lipinski definition) is 2. The molecule has 5 amide bonds. The van der Waals surface area contributed by atoms with Gasteiger partial charge < -0.3 is 20.5 Å². The lowest BCUT2D eigenvalue weighted by Crippen LogP contribution is -2.56. The zero-order valence-electron chi connectivity index (χ0n) is 27.1. The Hall–Kier alpha value is -6.67. The number of halogens is 2. The number of pyridine rings is 1. The molecule has 0 bridgehead atoms. The molecule has 53 heavy (non-hydrogen) atoms. The number of imide groups is 1. The topological polar surface area (TPSA) is 218 Å². The van der Waals surface area contributed by atoms with Crippen LogP contribution in [0, 0.1) is 0 Å². The van der Waals surface area contributed by atoms with Crippen LogP contribution in [-0.2, 0) is 23.9 Å². The van der Waals surface area contributed by atoms with Gasteiger partial charge in [0.25, 0.3) is 35.1 Å². The number of ether oxygens (including phenoxy) is 2. The lowest BCUT2D eigenvalue weighted by molar-refractivity contribution is -0.167. The van der Waals surface area contributed by atoms with E-state index in [1.165, 1.54) is 42.6 Å². The Balaban J connectivity index is 1.16. The molecule has 2 aliphatic rings. The normalized spacial score (nSPS) is 16.3. The fourth-order valence-electron chi connectivity index (χ4n) is 5.95. The number of esters is 1. The van der Waals surface area contributed by atoms with E-state index in [0.29, 0.717) is 0 Å². The Labute approximate surface area is 299 Å². The number of morpholine rings is 1. The standard InChI is InChI=1S/C33H24F2N8O9S/c1-15(44)52-24(25-32(50)40(12-13-51-25)21-10-11-42(38-21)16-6-9-22(45)41(14-16)33(34)35)29(47)37-20-8-7-19-26(23(20)27(36)46)53-39-28(19)43-30(48)17-4-2-3-5-18(17)31(43)49/h2-11,14,24-25,33H,12-13H2,1H3,(H2,36,46)(H,37,47)/t24-,25-/m1/s1. The van der Waals surface area contributed by atoms with Crippen LogP contribution in [0.1, 0.15) is 44.5 Å². The first-order chi connectivity index (χ1) is 25.3. The molecule has 3 N–H and O–H groups in total. The number of nitrogens with zero attached hydrogens (tertiary/aromatic N) is 6. The fourth-order valence-corrected chi connectivity index (χ4v) is 6.87. The van der Waals surface area contributed by atoms with Crippen molar-refractivity contribution in [2.24, 2.45) is 5.73 Å². The quantitative estimate of drug-likeness (QED) is 0.165. The molecule has 7 rings (SSSR count). The molecule has 0 aliphatic carbocycles. The van der Waals surface area contributed by atoms with Crippen LogP contribution in [0.15, 0.2) is 71.8 Å². The third kappa shape index (κ3) is 6.08. The van der Waals surface area contributed by atoms with Gasteiger partial charge in [0.2, 0.25) is 6.10 Å². The summed E-state index contributed by atoms with van der Waals surface area (Å²) < 4.78 is 43.2. The average Bonchev–Trinajstić information content (AvgIpc) is 3.84. The lowest BCUT2D eigenvalue weighted by Gasteiger charge is -2.34. The van der Waals surface area contributed by atoms with Gasteiger partial charge in [-0.05, 0) is 41.9 Å². The number of benzene rings is 2. The Kier molecular flexibility index (Phi) is 8.83. The lowest BCUT2D eigenvalue weighted by atomic mass is 10.1. The molecule has 5 aromatic rings. The molecular formula is C33H24F2N8O9S. The van der Waals surface area contributed by atoms with Gasteiger partial charge in [-0.2, -0.15) is 13.2 Å². The number of aromatic nitrogens is 4. The summed E-state index contributed by atoms with van der Waals surface area (Å²) >= 11 is 0.746. The third-order valence-electron chi connectivity index (χ3n) is 8.33. The summed E-state index contributed by atoms with van der Waals surface area (Å²) in [5.41, 5.74) is 4.85. The van der Waals surface area contributed by atoms with Crippen molar-refractivity contribution < 1.29 is 47.0 Å². The smallest absolute Gasteiger partial charge is 0.321 e. The molecule has 17 nitrogen and oxygen atoms in total. The highest BCUT2D eigenvalue weighted by molar-refractivity contribution is 7.14. The second kappa shape index (κ2) is 13.5. The first-order valence-electron chi connectivity index (χ1n) is 15.5. The minimum absolute atomic E-state index is 0.0283. The van der Waals surface area contributed by atoms with E-state index in [9.17, 15) is 42.3 Å².